The minimum absolute atomic E-state index is 0.0657. The van der Waals surface area contributed by atoms with Gasteiger partial charge < -0.3 is 14.4 Å². The van der Waals surface area contributed by atoms with Crippen molar-refractivity contribution in [3.05, 3.63) is 51.7 Å². The van der Waals surface area contributed by atoms with Crippen LogP contribution >= 0.6 is 0 Å². The van der Waals surface area contributed by atoms with E-state index in [1.165, 1.54) is 6.92 Å². The van der Waals surface area contributed by atoms with Gasteiger partial charge in [-0.3, -0.25) is 14.6 Å². The van der Waals surface area contributed by atoms with E-state index < -0.39 is 29.2 Å². The lowest BCUT2D eigenvalue weighted by Gasteiger charge is -2.31. The topological polar surface area (TPSA) is 121 Å². The largest absolute Gasteiger partial charge is 0.486 e. The Labute approximate surface area is 193 Å². The van der Waals surface area contributed by atoms with E-state index in [1.807, 2.05) is 12.1 Å². The van der Waals surface area contributed by atoms with Crippen LogP contribution < -0.4 is 10.3 Å². The van der Waals surface area contributed by atoms with Gasteiger partial charge in [-0.2, -0.15) is 23.5 Å². The van der Waals surface area contributed by atoms with Crippen LogP contribution in [0.3, 0.4) is 0 Å². The number of halogens is 3. The van der Waals surface area contributed by atoms with Crippen molar-refractivity contribution in [3.63, 3.8) is 0 Å². The van der Waals surface area contributed by atoms with Gasteiger partial charge in [0.25, 0.3) is 5.56 Å². The van der Waals surface area contributed by atoms with Gasteiger partial charge in [0, 0.05) is 30.9 Å². The van der Waals surface area contributed by atoms with Crippen molar-refractivity contribution in [3.8, 4) is 11.8 Å². The third kappa shape index (κ3) is 6.54. The summed E-state index contributed by atoms with van der Waals surface area (Å²) in [5.74, 6) is -0.520. The highest BCUT2D eigenvalue weighted by atomic mass is 19.4. The zero-order chi connectivity index (χ0) is 24.7. The molecule has 9 nitrogen and oxygen atoms in total. The summed E-state index contributed by atoms with van der Waals surface area (Å²) in [4.78, 5) is 30.0. The maximum absolute atomic E-state index is 13.1. The number of likely N-dealkylation sites (tertiary alicyclic amines) is 1. The molecule has 3 rings (SSSR count). The fourth-order valence-corrected chi connectivity index (χ4v) is 3.69. The molecule has 1 amide bonds. The number of carbonyl (C=O) groups is 1. The number of nitriles is 1. The lowest BCUT2D eigenvalue weighted by Crippen LogP contribution is -2.38. The van der Waals surface area contributed by atoms with Gasteiger partial charge in [-0.05, 0) is 31.9 Å². The molecule has 12 heteroatoms. The Morgan fingerprint density at radius 1 is 1.32 bits per heavy atom. The molecule has 3 heterocycles. The van der Waals surface area contributed by atoms with Crippen molar-refractivity contribution < 1.29 is 27.4 Å². The minimum atomic E-state index is -4.89. The van der Waals surface area contributed by atoms with Crippen LogP contribution in [-0.4, -0.2) is 58.4 Å². The number of hydrogen-bond donors (Lipinski definition) is 1. The highest BCUT2D eigenvalue weighted by Crippen LogP contribution is 2.33. The summed E-state index contributed by atoms with van der Waals surface area (Å²) in [6.45, 7) is 2.68. The fourth-order valence-electron chi connectivity index (χ4n) is 3.69. The molecular weight excluding hydrogens is 455 g/mol. The van der Waals surface area contributed by atoms with Gasteiger partial charge in [0.05, 0.1) is 31.4 Å². The summed E-state index contributed by atoms with van der Waals surface area (Å²) in [6.07, 6.45) is -1.68. The summed E-state index contributed by atoms with van der Waals surface area (Å²) in [5, 5.41) is 13.9. The SMILES string of the molecule is CC(COCCC(=O)N1CCC(c2ccc(C#N)cn2)CC1)Oc1cn[nH]c(=O)c1C(F)(F)F. The van der Waals surface area contributed by atoms with Crippen LogP contribution in [0.15, 0.2) is 29.3 Å². The Morgan fingerprint density at radius 3 is 2.68 bits per heavy atom. The van der Waals surface area contributed by atoms with E-state index in [1.54, 1.807) is 22.3 Å². The molecule has 0 saturated carbocycles. The third-order valence-corrected chi connectivity index (χ3v) is 5.43. The molecule has 182 valence electrons. The number of H-pyrrole nitrogens is 1. The zero-order valence-corrected chi connectivity index (χ0v) is 18.5. The standard InChI is InChI=1S/C22H24F3N5O4/c1-14(34-18-12-28-29-21(32)20(18)22(23,24)25)13-33-9-6-19(31)30-7-4-16(5-8-30)17-3-2-15(10-26)11-27-17/h2-3,11-12,14,16H,4-9,13H2,1H3,(H,29,32). The van der Waals surface area contributed by atoms with Crippen LogP contribution in [0.2, 0.25) is 0 Å². The molecule has 0 radical (unpaired) electrons. The predicted molar refractivity (Wildman–Crippen MR) is 113 cm³/mol. The summed E-state index contributed by atoms with van der Waals surface area (Å²) in [7, 11) is 0. The van der Waals surface area contributed by atoms with E-state index in [4.69, 9.17) is 14.7 Å². The summed E-state index contributed by atoms with van der Waals surface area (Å²) in [5.41, 5.74) is -1.43. The number of alkyl halides is 3. The van der Waals surface area contributed by atoms with E-state index in [2.05, 4.69) is 10.1 Å². The second-order valence-electron chi connectivity index (χ2n) is 7.93. The highest BCUT2D eigenvalue weighted by molar-refractivity contribution is 5.76. The number of rotatable bonds is 8. The maximum Gasteiger partial charge on any atom is 0.425 e. The lowest BCUT2D eigenvalue weighted by atomic mass is 9.92. The van der Waals surface area contributed by atoms with E-state index >= 15 is 0 Å². The first kappa shape index (κ1) is 25.2. The second kappa shape index (κ2) is 11.1. The monoisotopic (exact) mass is 479 g/mol. The average molecular weight is 479 g/mol. The van der Waals surface area contributed by atoms with Crippen LogP contribution in [0.25, 0.3) is 0 Å². The molecule has 1 unspecified atom stereocenters. The van der Waals surface area contributed by atoms with Gasteiger partial charge in [-0.1, -0.05) is 0 Å². The summed E-state index contributed by atoms with van der Waals surface area (Å²) in [6, 6.07) is 5.61. The van der Waals surface area contributed by atoms with E-state index in [-0.39, 0.29) is 31.5 Å². The molecule has 1 aliphatic rings. The van der Waals surface area contributed by atoms with E-state index in [0.717, 1.165) is 24.7 Å². The van der Waals surface area contributed by atoms with E-state index in [9.17, 15) is 22.8 Å². The minimum Gasteiger partial charge on any atom is -0.486 e. The number of pyridine rings is 1. The molecule has 0 aliphatic carbocycles. The van der Waals surface area contributed by atoms with Gasteiger partial charge in [0.1, 0.15) is 12.2 Å². The molecule has 0 bridgehead atoms. The number of amides is 1. The van der Waals surface area contributed by atoms with Gasteiger partial charge in [0.2, 0.25) is 5.91 Å². The van der Waals surface area contributed by atoms with Crippen LogP contribution in [0.5, 0.6) is 5.75 Å². The van der Waals surface area contributed by atoms with Gasteiger partial charge in [0.15, 0.2) is 11.3 Å². The number of nitrogens with one attached hydrogen (secondary N) is 1. The molecule has 0 aromatic carbocycles. The molecule has 34 heavy (non-hydrogen) atoms. The number of aromatic amines is 1. The smallest absolute Gasteiger partial charge is 0.425 e. The Hall–Kier alpha value is -3.46. The zero-order valence-electron chi connectivity index (χ0n) is 18.5. The number of ether oxygens (including phenoxy) is 2. The predicted octanol–water partition coefficient (Wildman–Crippen LogP) is 2.64. The fraction of sp³-hybridized carbons (Fsp3) is 0.500. The van der Waals surface area contributed by atoms with Crippen LogP contribution in [0, 0.1) is 11.3 Å². The maximum atomic E-state index is 13.1. The number of piperidine rings is 1. The number of hydrogen-bond acceptors (Lipinski definition) is 7. The second-order valence-corrected chi connectivity index (χ2v) is 7.93. The quantitative estimate of drug-likeness (QED) is 0.578. The molecule has 1 N–H and O–H groups in total. The molecule has 1 atom stereocenters. The van der Waals surface area contributed by atoms with Crippen molar-refractivity contribution in [2.45, 2.75) is 44.4 Å². The number of carbonyl (C=O) groups excluding carboxylic acids is 1. The average Bonchev–Trinajstić information content (AvgIpc) is 2.81. The van der Waals surface area contributed by atoms with Crippen LogP contribution in [0.1, 0.15) is 48.9 Å². The molecule has 1 saturated heterocycles. The Bertz CT molecular complexity index is 1070. The molecule has 1 aliphatic heterocycles. The van der Waals surface area contributed by atoms with Crippen molar-refractivity contribution >= 4 is 5.91 Å². The van der Waals surface area contributed by atoms with Gasteiger partial charge in [-0.25, -0.2) is 5.10 Å². The first-order valence-electron chi connectivity index (χ1n) is 10.7. The summed E-state index contributed by atoms with van der Waals surface area (Å²) < 4.78 is 49.8. The lowest BCUT2D eigenvalue weighted by molar-refractivity contribution is -0.141. The molecule has 0 spiro atoms. The van der Waals surface area contributed by atoms with Gasteiger partial charge in [-0.15, -0.1) is 0 Å². The Balaban J connectivity index is 1.39. The van der Waals surface area contributed by atoms with Crippen LogP contribution in [-0.2, 0) is 15.7 Å². The van der Waals surface area contributed by atoms with Crippen molar-refractivity contribution in [1.82, 2.24) is 20.1 Å². The third-order valence-electron chi connectivity index (χ3n) is 5.43. The van der Waals surface area contributed by atoms with Gasteiger partial charge >= 0.3 is 6.18 Å². The van der Waals surface area contributed by atoms with Crippen molar-refractivity contribution in [1.29, 1.82) is 5.26 Å². The van der Waals surface area contributed by atoms with Crippen LogP contribution in [0.4, 0.5) is 13.2 Å². The molecular formula is C22H24F3N5O4. The molecule has 2 aromatic heterocycles. The normalized spacial score (nSPS) is 15.6. The number of nitrogens with zero attached hydrogens (tertiary/aromatic N) is 4. The molecule has 2 aromatic rings. The first-order valence-corrected chi connectivity index (χ1v) is 10.7. The van der Waals surface area contributed by atoms with Crippen molar-refractivity contribution in [2.24, 2.45) is 0 Å². The summed E-state index contributed by atoms with van der Waals surface area (Å²) >= 11 is 0. The molecule has 1 fully saturated rings. The Kier molecular flexibility index (Phi) is 8.22. The van der Waals surface area contributed by atoms with E-state index in [0.29, 0.717) is 18.7 Å². The van der Waals surface area contributed by atoms with Crippen molar-refractivity contribution in [2.75, 3.05) is 26.3 Å². The first-order chi connectivity index (χ1) is 16.2. The number of aromatic nitrogens is 3. The Morgan fingerprint density at radius 2 is 2.06 bits per heavy atom. The highest BCUT2D eigenvalue weighted by Gasteiger charge is 2.38.